The molecule has 1 aliphatic heterocycles. The average Bonchev–Trinajstić information content (AvgIpc) is 3.70. The van der Waals surface area contributed by atoms with E-state index >= 15 is 8.78 Å². The molecule has 9 nitrogen and oxygen atoms in total. The number of hydrogen-bond acceptors (Lipinski definition) is 6. The molecule has 2 fully saturated rings. The molecule has 2 saturated carbocycles. The van der Waals surface area contributed by atoms with Gasteiger partial charge in [-0.1, -0.05) is 24.3 Å². The summed E-state index contributed by atoms with van der Waals surface area (Å²) < 4.78 is 47.2. The molecular weight excluding hydrogens is 664 g/mol. The summed E-state index contributed by atoms with van der Waals surface area (Å²) in [4.78, 5) is 31.6. The van der Waals surface area contributed by atoms with E-state index < -0.39 is 29.0 Å². The third kappa shape index (κ3) is 6.09. The molecule has 3 aromatic carbocycles. The van der Waals surface area contributed by atoms with Crippen LogP contribution in [-0.4, -0.2) is 58.2 Å². The maximum Gasteiger partial charge on any atom is 0.248 e. The molecule has 11 heteroatoms. The van der Waals surface area contributed by atoms with Crippen LogP contribution in [0.1, 0.15) is 65.8 Å². The lowest BCUT2D eigenvalue weighted by Gasteiger charge is -2.27. The van der Waals surface area contributed by atoms with Gasteiger partial charge in [-0.15, -0.1) is 0 Å². The van der Waals surface area contributed by atoms with Gasteiger partial charge in [0.15, 0.2) is 11.5 Å². The number of nitrogens with zero attached hydrogens (tertiary/aromatic N) is 3. The van der Waals surface area contributed by atoms with E-state index in [4.69, 9.17) is 14.5 Å². The van der Waals surface area contributed by atoms with Crippen LogP contribution in [0.25, 0.3) is 33.1 Å². The van der Waals surface area contributed by atoms with Crippen molar-refractivity contribution in [3.8, 4) is 16.9 Å². The van der Waals surface area contributed by atoms with Crippen molar-refractivity contribution in [2.24, 2.45) is 12.5 Å². The van der Waals surface area contributed by atoms with Gasteiger partial charge in [0, 0.05) is 78.6 Å². The number of para-hydroxylation sites is 1. The average molecular weight is 708 g/mol. The lowest BCUT2D eigenvalue weighted by Crippen LogP contribution is -2.35. The molecule has 0 radical (unpaired) electrons. The fourth-order valence-corrected chi connectivity index (χ4v) is 8.04. The number of benzene rings is 3. The Kier molecular flexibility index (Phi) is 8.74. The normalized spacial score (nSPS) is 19.3. The van der Waals surface area contributed by atoms with Crippen LogP contribution < -0.4 is 15.4 Å². The smallest absolute Gasteiger partial charge is 0.248 e. The maximum absolute atomic E-state index is 15.4. The van der Waals surface area contributed by atoms with Gasteiger partial charge in [-0.3, -0.25) is 9.59 Å². The molecule has 8 rings (SSSR count). The van der Waals surface area contributed by atoms with Gasteiger partial charge in [0.2, 0.25) is 5.91 Å². The zero-order valence-electron chi connectivity index (χ0n) is 29.9. The van der Waals surface area contributed by atoms with E-state index in [0.29, 0.717) is 42.8 Å². The van der Waals surface area contributed by atoms with E-state index in [9.17, 15) is 9.59 Å². The number of halogens is 2. The third-order valence-corrected chi connectivity index (χ3v) is 11.3. The van der Waals surface area contributed by atoms with Gasteiger partial charge >= 0.3 is 0 Å². The minimum atomic E-state index is -1.02. The molecule has 0 saturated heterocycles. The van der Waals surface area contributed by atoms with Crippen LogP contribution in [0.4, 0.5) is 14.5 Å². The molecule has 1 amide bonds. The largest absolute Gasteiger partial charge is 0.490 e. The Balaban J connectivity index is 1.08. The molecule has 0 unspecified atom stereocenters. The molecule has 3 heterocycles. The van der Waals surface area contributed by atoms with Crippen LogP contribution in [0.15, 0.2) is 54.7 Å². The van der Waals surface area contributed by atoms with E-state index in [-0.39, 0.29) is 11.0 Å². The second-order valence-electron chi connectivity index (χ2n) is 14.8. The third-order valence-electron chi connectivity index (χ3n) is 11.3. The number of fused-ring (bicyclic) bond motifs is 4. The summed E-state index contributed by atoms with van der Waals surface area (Å²) in [5, 5.41) is 6.38. The van der Waals surface area contributed by atoms with Crippen molar-refractivity contribution in [2.45, 2.75) is 71.1 Å². The Morgan fingerprint density at radius 3 is 2.56 bits per heavy atom. The summed E-state index contributed by atoms with van der Waals surface area (Å²) in [6, 6.07) is 10.3. The van der Waals surface area contributed by atoms with Crippen LogP contribution in [-0.2, 0) is 23.1 Å². The standard InChI is InChI=1S/C41H43F2N5O4/c1-23-17-33-37(45-24(2)47(33)3)40-35(23)29-8-5-7-28-30(20-48(38(28)29)21-41(14-15-41)22-52-40)39(50)25-18-31(42)36(32(43)19-25)46-34(49)9-6-16-44-26-10-12-27(51-4)13-11-26/h5-9,17-20,26-27,44H,10-16,21-22H2,1-4H3,(H,46,49)/b9-6+. The Hall–Kier alpha value is -4.87. The van der Waals surface area contributed by atoms with E-state index in [0.717, 1.165) is 95.5 Å². The number of nitrogens with one attached hydrogen (secondary N) is 2. The summed E-state index contributed by atoms with van der Waals surface area (Å²) in [5.74, 6) is -1.60. The minimum absolute atomic E-state index is 0.104. The number of imidazole rings is 1. The zero-order valence-corrected chi connectivity index (χ0v) is 29.9. The Morgan fingerprint density at radius 2 is 1.85 bits per heavy atom. The second kappa shape index (κ2) is 13.3. The first-order valence-electron chi connectivity index (χ1n) is 18.0. The van der Waals surface area contributed by atoms with Crippen LogP contribution in [0.2, 0.25) is 0 Å². The van der Waals surface area contributed by atoms with Crippen molar-refractivity contribution in [1.29, 1.82) is 0 Å². The molecule has 52 heavy (non-hydrogen) atoms. The number of aromatic nitrogens is 3. The fraction of sp³-hybridized carbons (Fsp3) is 0.390. The van der Waals surface area contributed by atoms with Gasteiger partial charge in [-0.2, -0.15) is 0 Å². The van der Waals surface area contributed by atoms with Gasteiger partial charge in [0.05, 0.1) is 23.7 Å². The number of carbonyl (C=O) groups excluding carboxylic acids is 2. The Bertz CT molecular complexity index is 2250. The first-order valence-corrected chi connectivity index (χ1v) is 18.0. The highest BCUT2D eigenvalue weighted by molar-refractivity contribution is 6.18. The number of rotatable bonds is 8. The van der Waals surface area contributed by atoms with Crippen molar-refractivity contribution in [1.82, 2.24) is 19.4 Å². The number of carbonyl (C=O) groups is 2. The SMILES string of the molecule is COC1CCC(NC/C=C/C(=O)Nc2c(F)cc(C(=O)c3cn4c5c(cccc35)-c3c(C)cc5c(nc(C)n5C)c3OCC3(CC3)C4)cc2F)CC1. The van der Waals surface area contributed by atoms with Crippen molar-refractivity contribution in [3.05, 3.63) is 88.9 Å². The summed E-state index contributed by atoms with van der Waals surface area (Å²) in [6.45, 7) is 5.63. The van der Waals surface area contributed by atoms with Gasteiger partial charge in [-0.05, 0) is 76.1 Å². The van der Waals surface area contributed by atoms with Crippen molar-refractivity contribution in [2.75, 3.05) is 25.6 Å². The summed E-state index contributed by atoms with van der Waals surface area (Å²) in [6.07, 6.45) is 10.9. The lowest BCUT2D eigenvalue weighted by atomic mass is 9.93. The van der Waals surface area contributed by atoms with Crippen LogP contribution in [0.3, 0.4) is 0 Å². The molecule has 270 valence electrons. The topological polar surface area (TPSA) is 99.4 Å². The quantitative estimate of drug-likeness (QED) is 0.128. The Labute approximate surface area is 301 Å². The lowest BCUT2D eigenvalue weighted by molar-refractivity contribution is -0.112. The van der Waals surface area contributed by atoms with Gasteiger partial charge in [-0.25, -0.2) is 13.8 Å². The number of amides is 1. The van der Waals surface area contributed by atoms with Gasteiger partial charge in [0.1, 0.15) is 28.7 Å². The number of ketones is 1. The highest BCUT2D eigenvalue weighted by Gasteiger charge is 2.45. The second-order valence-corrected chi connectivity index (χ2v) is 14.8. The molecule has 2 aliphatic carbocycles. The van der Waals surface area contributed by atoms with E-state index in [1.165, 1.54) is 6.08 Å². The van der Waals surface area contributed by atoms with Gasteiger partial charge in [0.25, 0.3) is 0 Å². The predicted molar refractivity (Wildman–Crippen MR) is 197 cm³/mol. The summed E-state index contributed by atoms with van der Waals surface area (Å²) >= 11 is 0. The first kappa shape index (κ1) is 34.2. The van der Waals surface area contributed by atoms with Crippen molar-refractivity contribution in [3.63, 3.8) is 0 Å². The molecule has 5 aromatic rings. The molecule has 2 aromatic heterocycles. The number of anilines is 1. The molecule has 1 spiro atoms. The van der Waals surface area contributed by atoms with Crippen LogP contribution in [0.5, 0.6) is 5.75 Å². The van der Waals surface area contributed by atoms with E-state index in [1.807, 2.05) is 38.4 Å². The molecular formula is C41H43F2N5O4. The van der Waals surface area contributed by atoms with Crippen LogP contribution in [0, 0.1) is 30.9 Å². The zero-order chi connectivity index (χ0) is 36.3. The number of methoxy groups -OCH3 is 1. The first-order chi connectivity index (χ1) is 25.1. The molecule has 3 aliphatic rings. The van der Waals surface area contributed by atoms with Crippen molar-refractivity contribution < 1.29 is 27.8 Å². The Morgan fingerprint density at radius 1 is 1.10 bits per heavy atom. The molecule has 0 atom stereocenters. The number of aryl methyl sites for hydroxylation is 3. The minimum Gasteiger partial charge on any atom is -0.490 e. The van der Waals surface area contributed by atoms with Gasteiger partial charge < -0.3 is 29.2 Å². The molecule has 2 N–H and O–H groups in total. The summed E-state index contributed by atoms with van der Waals surface area (Å²) in [5.41, 5.74) is 5.02. The maximum atomic E-state index is 15.4. The summed E-state index contributed by atoms with van der Waals surface area (Å²) in [7, 11) is 3.73. The monoisotopic (exact) mass is 707 g/mol. The predicted octanol–water partition coefficient (Wildman–Crippen LogP) is 7.54. The fourth-order valence-electron chi connectivity index (χ4n) is 8.04. The number of ether oxygens (including phenoxy) is 2. The highest BCUT2D eigenvalue weighted by atomic mass is 19.1. The van der Waals surface area contributed by atoms with Crippen LogP contribution >= 0.6 is 0 Å². The molecule has 0 bridgehead atoms. The highest BCUT2D eigenvalue weighted by Crippen LogP contribution is 2.52. The van der Waals surface area contributed by atoms with E-state index in [1.54, 1.807) is 13.2 Å². The van der Waals surface area contributed by atoms with Crippen molar-refractivity contribution >= 4 is 39.3 Å². The van der Waals surface area contributed by atoms with E-state index in [2.05, 4.69) is 32.8 Å². The number of hydrogen-bond donors (Lipinski definition) is 2.